The maximum atomic E-state index is 13.5. The molecule has 5 rings (SSSR count). The Hall–Kier alpha value is -3.76. The molecule has 3 heterocycles. The molecule has 1 saturated heterocycles. The molecule has 38 heavy (non-hydrogen) atoms. The molecule has 2 aromatic heterocycles. The van der Waals surface area contributed by atoms with Crippen LogP contribution in [0.4, 0.5) is 4.39 Å². The van der Waals surface area contributed by atoms with Gasteiger partial charge in [0.15, 0.2) is 0 Å². The van der Waals surface area contributed by atoms with Crippen LogP contribution in [0.2, 0.25) is 0 Å². The van der Waals surface area contributed by atoms with Gasteiger partial charge >= 0.3 is 0 Å². The minimum absolute atomic E-state index is 0.0996. The van der Waals surface area contributed by atoms with Gasteiger partial charge in [-0.1, -0.05) is 30.3 Å². The fourth-order valence-electron chi connectivity index (χ4n) is 4.57. The Bertz CT molecular complexity index is 1460. The number of benzene rings is 2. The second kappa shape index (κ2) is 11.3. The van der Waals surface area contributed by atoms with Crippen molar-refractivity contribution in [1.29, 1.82) is 0 Å². The smallest absolute Gasteiger partial charge is 0.254 e. The van der Waals surface area contributed by atoms with E-state index in [0.717, 1.165) is 12.8 Å². The summed E-state index contributed by atoms with van der Waals surface area (Å²) in [5.41, 5.74) is 1.53. The van der Waals surface area contributed by atoms with Crippen LogP contribution in [0.5, 0.6) is 0 Å². The van der Waals surface area contributed by atoms with Crippen LogP contribution >= 0.6 is 0 Å². The quantitative estimate of drug-likeness (QED) is 0.293. The molecule has 0 N–H and O–H groups in total. The molecule has 0 bridgehead atoms. The normalized spacial score (nSPS) is 15.6. The second-order valence-corrected chi connectivity index (χ2v) is 11.2. The highest BCUT2D eigenvalue weighted by Gasteiger charge is 2.29. The van der Waals surface area contributed by atoms with Crippen molar-refractivity contribution in [3.8, 4) is 0 Å². The minimum atomic E-state index is -3.88. The Morgan fingerprint density at radius 1 is 1.05 bits per heavy atom. The maximum Gasteiger partial charge on any atom is 0.254 e. The molecule has 10 heteroatoms. The van der Waals surface area contributed by atoms with E-state index in [-0.39, 0.29) is 36.0 Å². The minimum Gasteiger partial charge on any atom is -0.467 e. The third-order valence-corrected chi connectivity index (χ3v) is 8.04. The zero-order chi connectivity index (χ0) is 26.5. The molecule has 198 valence electrons. The first-order valence-electron chi connectivity index (χ1n) is 12.4. The van der Waals surface area contributed by atoms with Gasteiger partial charge in [-0.3, -0.25) is 4.79 Å². The van der Waals surface area contributed by atoms with Gasteiger partial charge in [-0.15, -0.1) is 0 Å². The summed E-state index contributed by atoms with van der Waals surface area (Å²) >= 11 is 0. The number of rotatable bonds is 10. The summed E-state index contributed by atoms with van der Waals surface area (Å²) in [5.74, 6) is -0.381. The van der Waals surface area contributed by atoms with Crippen molar-refractivity contribution in [2.75, 3.05) is 6.61 Å². The monoisotopic (exact) mass is 537 g/mol. The lowest BCUT2D eigenvalue weighted by Crippen LogP contribution is -2.32. The van der Waals surface area contributed by atoms with Gasteiger partial charge in [0.25, 0.3) is 5.91 Å². The van der Waals surface area contributed by atoms with Gasteiger partial charge in [-0.2, -0.15) is 0 Å². The number of carbonyl (C=O) groups is 1. The third-order valence-electron chi connectivity index (χ3n) is 6.45. The van der Waals surface area contributed by atoms with Crippen molar-refractivity contribution in [2.45, 2.75) is 49.5 Å². The lowest BCUT2D eigenvalue weighted by molar-refractivity contribution is 0.0706. The van der Waals surface area contributed by atoms with Crippen molar-refractivity contribution in [1.82, 2.24) is 14.5 Å². The van der Waals surface area contributed by atoms with Crippen LogP contribution in [0.3, 0.4) is 0 Å². The van der Waals surface area contributed by atoms with Crippen molar-refractivity contribution < 1.29 is 26.8 Å². The zero-order valence-electron chi connectivity index (χ0n) is 20.7. The van der Waals surface area contributed by atoms with Gasteiger partial charge in [-0.25, -0.2) is 17.8 Å². The first kappa shape index (κ1) is 25.9. The van der Waals surface area contributed by atoms with Gasteiger partial charge in [0.2, 0.25) is 15.0 Å². The fourth-order valence-corrected chi connectivity index (χ4v) is 6.07. The highest BCUT2D eigenvalue weighted by molar-refractivity contribution is 7.90. The number of halogens is 1. The summed E-state index contributed by atoms with van der Waals surface area (Å²) in [4.78, 5) is 19.4. The number of sulfone groups is 1. The van der Waals surface area contributed by atoms with E-state index in [9.17, 15) is 17.6 Å². The lowest BCUT2D eigenvalue weighted by Gasteiger charge is -2.24. The number of hydrogen-bond acceptors (Lipinski definition) is 6. The van der Waals surface area contributed by atoms with Crippen LogP contribution in [-0.4, -0.2) is 41.5 Å². The molecule has 1 fully saturated rings. The fraction of sp³-hybridized carbons (Fsp3) is 0.286. The van der Waals surface area contributed by atoms with E-state index in [1.807, 2.05) is 6.07 Å². The van der Waals surface area contributed by atoms with E-state index >= 15 is 0 Å². The molecule has 1 atom stereocenters. The summed E-state index contributed by atoms with van der Waals surface area (Å²) in [6.45, 7) is 1.22. The second-order valence-electron chi connectivity index (χ2n) is 9.27. The number of hydrogen-bond donors (Lipinski definition) is 0. The lowest BCUT2D eigenvalue weighted by atomic mass is 10.2. The Balaban J connectivity index is 1.48. The molecular formula is C28H28FN3O5S. The average molecular weight is 538 g/mol. The van der Waals surface area contributed by atoms with Crippen molar-refractivity contribution >= 4 is 15.7 Å². The number of carbonyl (C=O) groups excluding carboxylic acids is 1. The Kier molecular flexibility index (Phi) is 7.71. The molecule has 1 aliphatic rings. The molecule has 0 radical (unpaired) electrons. The number of amides is 1. The summed E-state index contributed by atoms with van der Waals surface area (Å²) in [7, 11) is -3.88. The average Bonchev–Trinajstić information content (AvgIpc) is 3.69. The summed E-state index contributed by atoms with van der Waals surface area (Å²) in [6.07, 6.45) is 4.57. The summed E-state index contributed by atoms with van der Waals surface area (Å²) < 4.78 is 53.3. The van der Waals surface area contributed by atoms with E-state index in [1.165, 1.54) is 30.5 Å². The first-order chi connectivity index (χ1) is 18.4. The van der Waals surface area contributed by atoms with E-state index in [2.05, 4.69) is 4.98 Å². The summed E-state index contributed by atoms with van der Waals surface area (Å²) in [5, 5.41) is -0.0996. The van der Waals surface area contributed by atoms with Gasteiger partial charge in [-0.05, 0) is 54.8 Å². The Labute approximate surface area is 220 Å². The van der Waals surface area contributed by atoms with E-state index in [0.29, 0.717) is 35.7 Å². The number of aromatic nitrogens is 2. The SMILES string of the molecule is O=C(c1ccccc1)N(Cc1ccco1)Cc1cnc(S(=O)(=O)Cc2ccc(F)cc2)n1C[C@H]1CCCO1. The molecule has 2 aromatic carbocycles. The zero-order valence-corrected chi connectivity index (χ0v) is 21.5. The molecular weight excluding hydrogens is 509 g/mol. The number of imidazole rings is 1. The van der Waals surface area contributed by atoms with E-state index in [4.69, 9.17) is 9.15 Å². The van der Waals surface area contributed by atoms with Crippen LogP contribution in [0.1, 0.15) is 40.2 Å². The van der Waals surface area contributed by atoms with Crippen LogP contribution < -0.4 is 0 Å². The predicted molar refractivity (Wildman–Crippen MR) is 137 cm³/mol. The third kappa shape index (κ3) is 6.03. The van der Waals surface area contributed by atoms with Crippen molar-refractivity contribution in [2.24, 2.45) is 0 Å². The maximum absolute atomic E-state index is 13.5. The first-order valence-corrected chi connectivity index (χ1v) is 14.0. The molecule has 0 spiro atoms. The van der Waals surface area contributed by atoms with Crippen LogP contribution in [0.15, 0.2) is 88.8 Å². The highest BCUT2D eigenvalue weighted by atomic mass is 32.2. The topological polar surface area (TPSA) is 94.6 Å². The van der Waals surface area contributed by atoms with Crippen LogP contribution in [0, 0.1) is 5.82 Å². The van der Waals surface area contributed by atoms with Crippen LogP contribution in [0.25, 0.3) is 0 Å². The Morgan fingerprint density at radius 3 is 2.53 bits per heavy atom. The molecule has 0 unspecified atom stereocenters. The predicted octanol–water partition coefficient (Wildman–Crippen LogP) is 4.61. The molecule has 1 aliphatic heterocycles. The largest absolute Gasteiger partial charge is 0.467 e. The van der Waals surface area contributed by atoms with Gasteiger partial charge in [0, 0.05) is 12.2 Å². The van der Waals surface area contributed by atoms with E-state index in [1.54, 1.807) is 52.1 Å². The van der Waals surface area contributed by atoms with Crippen molar-refractivity contribution in [3.05, 3.63) is 108 Å². The van der Waals surface area contributed by atoms with Crippen molar-refractivity contribution in [3.63, 3.8) is 0 Å². The molecule has 0 saturated carbocycles. The molecule has 8 nitrogen and oxygen atoms in total. The standard InChI is InChI=1S/C28H28FN3O5S/c29-23-12-10-21(11-13-23)20-38(34,35)28-30-16-24(32(28)19-26-9-5-15-37-26)17-31(18-25-8-4-14-36-25)27(33)22-6-2-1-3-7-22/h1-4,6-8,10-14,16,26H,5,9,15,17-20H2/t26-/m1/s1. The highest BCUT2D eigenvalue weighted by Crippen LogP contribution is 2.24. The van der Waals surface area contributed by atoms with Gasteiger partial charge in [0.05, 0.1) is 49.6 Å². The molecule has 4 aromatic rings. The Morgan fingerprint density at radius 2 is 1.84 bits per heavy atom. The van der Waals surface area contributed by atoms with Gasteiger partial charge in [0.1, 0.15) is 11.6 Å². The molecule has 1 amide bonds. The molecule has 0 aliphatic carbocycles. The number of furan rings is 1. The summed E-state index contributed by atoms with van der Waals surface area (Å²) in [6, 6.07) is 17.8. The number of nitrogens with zero attached hydrogens (tertiary/aromatic N) is 3. The van der Waals surface area contributed by atoms with Gasteiger partial charge < -0.3 is 18.6 Å². The number of ether oxygens (including phenoxy) is 1. The van der Waals surface area contributed by atoms with Crippen LogP contribution in [-0.2, 0) is 40.0 Å². The van der Waals surface area contributed by atoms with E-state index < -0.39 is 15.7 Å².